The first kappa shape index (κ1) is 13.9. The number of aromatic nitrogens is 2. The van der Waals surface area contributed by atoms with E-state index >= 15 is 0 Å². The highest BCUT2D eigenvalue weighted by atomic mass is 19.2. The van der Waals surface area contributed by atoms with Crippen molar-refractivity contribution in [3.8, 4) is 0 Å². The highest BCUT2D eigenvalue weighted by molar-refractivity contribution is 5.04. The fourth-order valence-corrected chi connectivity index (χ4v) is 2.01. The average molecular weight is 276 g/mol. The lowest BCUT2D eigenvalue weighted by atomic mass is 9.95. The molecule has 9 heteroatoms. The first-order chi connectivity index (χ1) is 8.72. The van der Waals surface area contributed by atoms with Crippen molar-refractivity contribution in [2.24, 2.45) is 0 Å². The van der Waals surface area contributed by atoms with Crippen LogP contribution < -0.4 is 11.2 Å². The number of aromatic amines is 1. The zero-order valence-electron chi connectivity index (χ0n) is 9.91. The minimum absolute atomic E-state index is 0.673. The summed E-state index contributed by atoms with van der Waals surface area (Å²) in [7, 11) is 0. The van der Waals surface area contributed by atoms with Gasteiger partial charge in [0.05, 0.1) is 0 Å². The Morgan fingerprint density at radius 3 is 2.68 bits per heavy atom. The Kier molecular flexibility index (Phi) is 3.09. The van der Waals surface area contributed by atoms with Crippen LogP contribution in [0, 0.1) is 0 Å². The quantitative estimate of drug-likeness (QED) is 0.487. The van der Waals surface area contributed by atoms with Crippen molar-refractivity contribution in [2.45, 2.75) is 30.7 Å². The lowest BCUT2D eigenvalue weighted by Gasteiger charge is -2.27. The fraction of sp³-hybridized carbons (Fsp3) is 0.600. The summed E-state index contributed by atoms with van der Waals surface area (Å²) in [5, 5.41) is 28.6. The topological polar surface area (TPSA) is 125 Å². The van der Waals surface area contributed by atoms with Crippen molar-refractivity contribution >= 4 is 0 Å². The molecule has 1 aromatic rings. The minimum Gasteiger partial charge on any atom is -0.390 e. The Labute approximate surface area is 105 Å². The van der Waals surface area contributed by atoms with Gasteiger partial charge in [-0.15, -0.1) is 0 Å². The molecule has 2 unspecified atom stereocenters. The molecule has 1 saturated heterocycles. The molecule has 0 aliphatic carbocycles. The number of hydrogen-bond donors (Lipinski definition) is 4. The normalized spacial score (nSPS) is 38.6. The van der Waals surface area contributed by atoms with Crippen LogP contribution in [0.5, 0.6) is 0 Å². The first-order valence-corrected chi connectivity index (χ1v) is 5.42. The van der Waals surface area contributed by atoms with E-state index in [1.165, 1.54) is 0 Å². The molecule has 8 nitrogen and oxygen atoms in total. The zero-order valence-corrected chi connectivity index (χ0v) is 9.91. The standard InChI is InChI=1S/C10H13FN2O6/c1-9(18)6(16)10(11,4-14)19-7(9)13-3-2-5(15)12-8(13)17/h2-3,6-7,14,16,18H,4H2,1H3,(H,12,15,17)/t6?,7?,9-,10-/m1/s1. The Bertz CT molecular complexity index is 596. The second-order valence-corrected chi connectivity index (χ2v) is 4.56. The summed E-state index contributed by atoms with van der Waals surface area (Å²) in [4.78, 5) is 24.4. The monoisotopic (exact) mass is 276 g/mol. The van der Waals surface area contributed by atoms with Gasteiger partial charge in [-0.3, -0.25) is 14.3 Å². The number of aliphatic hydroxyl groups excluding tert-OH is 2. The predicted molar refractivity (Wildman–Crippen MR) is 59.0 cm³/mol. The maximum atomic E-state index is 14.0. The van der Waals surface area contributed by atoms with E-state index in [2.05, 4.69) is 0 Å². The van der Waals surface area contributed by atoms with Crippen molar-refractivity contribution in [3.05, 3.63) is 33.1 Å². The van der Waals surface area contributed by atoms with Crippen LogP contribution in [0.2, 0.25) is 0 Å². The molecule has 0 amide bonds. The van der Waals surface area contributed by atoms with Gasteiger partial charge in [0, 0.05) is 12.3 Å². The van der Waals surface area contributed by atoms with Gasteiger partial charge in [-0.1, -0.05) is 0 Å². The molecule has 1 aliphatic heterocycles. The number of nitrogens with zero attached hydrogens (tertiary/aromatic N) is 1. The van der Waals surface area contributed by atoms with Crippen molar-refractivity contribution in [1.82, 2.24) is 9.55 Å². The van der Waals surface area contributed by atoms with Crippen molar-refractivity contribution in [3.63, 3.8) is 0 Å². The van der Waals surface area contributed by atoms with Crippen molar-refractivity contribution in [2.75, 3.05) is 6.61 Å². The molecular formula is C10H13FN2O6. The Morgan fingerprint density at radius 1 is 1.58 bits per heavy atom. The summed E-state index contributed by atoms with van der Waals surface area (Å²) in [6.45, 7) is -0.143. The maximum absolute atomic E-state index is 14.0. The minimum atomic E-state index is -2.90. The molecule has 0 bridgehead atoms. The molecule has 1 fully saturated rings. The van der Waals surface area contributed by atoms with Gasteiger partial charge >= 0.3 is 5.69 Å². The van der Waals surface area contributed by atoms with E-state index in [0.29, 0.717) is 0 Å². The predicted octanol–water partition coefficient (Wildman–Crippen LogP) is -2.16. The summed E-state index contributed by atoms with van der Waals surface area (Å²) >= 11 is 0. The van der Waals surface area contributed by atoms with E-state index in [1.807, 2.05) is 4.98 Å². The van der Waals surface area contributed by atoms with Crippen LogP contribution in [-0.2, 0) is 4.74 Å². The number of nitrogens with one attached hydrogen (secondary N) is 1. The first-order valence-electron chi connectivity index (χ1n) is 5.42. The van der Waals surface area contributed by atoms with Gasteiger partial charge in [0.2, 0.25) is 0 Å². The highest BCUT2D eigenvalue weighted by Gasteiger charge is 2.62. The fourth-order valence-electron chi connectivity index (χ4n) is 2.01. The van der Waals surface area contributed by atoms with Gasteiger partial charge < -0.3 is 20.1 Å². The van der Waals surface area contributed by atoms with E-state index in [9.17, 15) is 24.2 Å². The van der Waals surface area contributed by atoms with Crippen LogP contribution in [-0.4, -0.2) is 49.0 Å². The maximum Gasteiger partial charge on any atom is 0.330 e. The third-order valence-electron chi connectivity index (χ3n) is 3.09. The van der Waals surface area contributed by atoms with Gasteiger partial charge in [-0.05, 0) is 6.92 Å². The molecular weight excluding hydrogens is 263 g/mol. The van der Waals surface area contributed by atoms with Crippen LogP contribution in [0.15, 0.2) is 21.9 Å². The second kappa shape index (κ2) is 4.23. The van der Waals surface area contributed by atoms with Crippen LogP contribution in [0.25, 0.3) is 0 Å². The SMILES string of the molecule is C[C@]1(O)C(n2ccc(=O)[nH]c2=O)O[C@](F)(CO)C1O. The van der Waals surface area contributed by atoms with Crippen LogP contribution in [0.3, 0.4) is 0 Å². The number of halogens is 1. The Morgan fingerprint density at radius 2 is 2.21 bits per heavy atom. The number of alkyl halides is 1. The largest absolute Gasteiger partial charge is 0.390 e. The van der Waals surface area contributed by atoms with Crippen LogP contribution in [0.4, 0.5) is 4.39 Å². The number of aliphatic hydroxyl groups is 3. The van der Waals surface area contributed by atoms with Crippen molar-refractivity contribution in [1.29, 1.82) is 0 Å². The zero-order chi connectivity index (χ0) is 14.4. The van der Waals surface area contributed by atoms with E-state index in [4.69, 9.17) is 9.84 Å². The van der Waals surface area contributed by atoms with Gasteiger partial charge in [-0.25, -0.2) is 9.18 Å². The van der Waals surface area contributed by atoms with E-state index in [1.54, 1.807) is 0 Å². The van der Waals surface area contributed by atoms with E-state index in [0.717, 1.165) is 23.8 Å². The third-order valence-corrected chi connectivity index (χ3v) is 3.09. The second-order valence-electron chi connectivity index (χ2n) is 4.56. The molecule has 0 aromatic carbocycles. The van der Waals surface area contributed by atoms with Gasteiger partial charge in [-0.2, -0.15) is 0 Å². The molecule has 4 atom stereocenters. The summed E-state index contributed by atoms with van der Waals surface area (Å²) < 4.78 is 19.5. The third kappa shape index (κ3) is 2.00. The molecule has 1 aromatic heterocycles. The number of rotatable bonds is 2. The number of ether oxygens (including phenoxy) is 1. The molecule has 2 rings (SSSR count). The lowest BCUT2D eigenvalue weighted by molar-refractivity contribution is -0.207. The molecule has 0 spiro atoms. The average Bonchev–Trinajstić information content (AvgIpc) is 2.51. The summed E-state index contributed by atoms with van der Waals surface area (Å²) in [5.74, 6) is -2.90. The molecule has 4 N–H and O–H groups in total. The number of hydrogen-bond acceptors (Lipinski definition) is 6. The molecule has 0 radical (unpaired) electrons. The summed E-state index contributed by atoms with van der Waals surface area (Å²) in [6.07, 6.45) is -2.66. The van der Waals surface area contributed by atoms with Gasteiger partial charge in [0.1, 0.15) is 18.3 Å². The van der Waals surface area contributed by atoms with E-state index in [-0.39, 0.29) is 0 Å². The van der Waals surface area contributed by atoms with E-state index < -0.39 is 41.6 Å². The smallest absolute Gasteiger partial charge is 0.330 e. The number of H-pyrrole nitrogens is 1. The molecule has 19 heavy (non-hydrogen) atoms. The van der Waals surface area contributed by atoms with Crippen LogP contribution >= 0.6 is 0 Å². The highest BCUT2D eigenvalue weighted by Crippen LogP contribution is 2.44. The van der Waals surface area contributed by atoms with Gasteiger partial charge in [0.25, 0.3) is 11.4 Å². The van der Waals surface area contributed by atoms with Gasteiger partial charge in [0.15, 0.2) is 6.23 Å². The molecule has 1 aliphatic rings. The Balaban J connectivity index is 2.51. The summed E-state index contributed by atoms with van der Waals surface area (Å²) in [6, 6.07) is 0.977. The van der Waals surface area contributed by atoms with Crippen molar-refractivity contribution < 1.29 is 24.4 Å². The molecule has 2 heterocycles. The molecule has 0 saturated carbocycles. The lowest BCUT2D eigenvalue weighted by Crippen LogP contribution is -2.49. The Hall–Kier alpha value is -1.55. The van der Waals surface area contributed by atoms with Crippen LogP contribution in [0.1, 0.15) is 13.2 Å². The summed E-state index contributed by atoms with van der Waals surface area (Å²) in [5.41, 5.74) is -3.78. The molecule has 106 valence electrons.